The van der Waals surface area contributed by atoms with E-state index in [0.29, 0.717) is 51.4 Å². The maximum absolute atomic E-state index is 13.2. The van der Waals surface area contributed by atoms with E-state index in [1.165, 1.54) is 141 Å². The number of hydrogen-bond donors (Lipinski definition) is 8. The van der Waals surface area contributed by atoms with Gasteiger partial charge in [-0.1, -0.05) is 298 Å². The molecule has 8 N–H and O–H groups in total. The van der Waals surface area contributed by atoms with Crippen molar-refractivity contribution < 1.29 is 151 Å². The molecule has 652 valence electrons. The van der Waals surface area contributed by atoms with Gasteiger partial charge in [-0.05, 0) is 51.4 Å². The molecular formula is C83H164N6Na2O19P2. The van der Waals surface area contributed by atoms with Crippen LogP contribution in [0.2, 0.25) is 0 Å². The Balaban J connectivity index is -0.00000990. The van der Waals surface area contributed by atoms with Crippen LogP contribution in [0, 0.1) is 0 Å². The van der Waals surface area contributed by atoms with Gasteiger partial charge in [0.2, 0.25) is 23.6 Å². The molecule has 0 heterocycles. The first-order chi connectivity index (χ1) is 53.3. The van der Waals surface area contributed by atoms with E-state index in [4.69, 9.17) is 37.0 Å². The zero-order valence-electron chi connectivity index (χ0n) is 74.2. The molecule has 0 rings (SSSR count). The predicted molar refractivity (Wildman–Crippen MR) is 442 cm³/mol. The smallest absolute Gasteiger partial charge is 1.00 e. The molecule has 2 unspecified atom stereocenters. The van der Waals surface area contributed by atoms with Crippen LogP contribution >= 0.6 is 15.6 Å². The number of nitrogens with one attached hydrogen (secondary N) is 6. The van der Waals surface area contributed by atoms with Crippen LogP contribution in [-0.4, -0.2) is 155 Å². The van der Waals surface area contributed by atoms with Crippen LogP contribution in [-0.2, 0) is 74.9 Å². The first-order valence-electron chi connectivity index (χ1n) is 44.2. The minimum absolute atomic E-state index is 0. The second kappa shape index (κ2) is 84.3. The number of carbonyl (C=O) groups is 7. The third-order valence-electron chi connectivity index (χ3n) is 19.4. The monoisotopic (exact) mass is 1660 g/mol. The van der Waals surface area contributed by atoms with Gasteiger partial charge >= 0.3 is 92.7 Å². The number of esters is 2. The summed E-state index contributed by atoms with van der Waals surface area (Å²) in [5.41, 5.74) is 0. The molecule has 0 aliphatic rings. The van der Waals surface area contributed by atoms with Crippen LogP contribution in [0.5, 0.6) is 0 Å². The van der Waals surface area contributed by atoms with Gasteiger partial charge in [0.15, 0.2) is 0 Å². The first kappa shape index (κ1) is 114. The number of hydrogen-bond acceptors (Lipinski definition) is 17. The predicted octanol–water partition coefficient (Wildman–Crippen LogP) is 13.0. The fourth-order valence-corrected chi connectivity index (χ4v) is 14.2. The molecule has 0 aromatic rings. The van der Waals surface area contributed by atoms with Crippen molar-refractivity contribution >= 4 is 57.2 Å². The minimum atomic E-state index is -4.80. The van der Waals surface area contributed by atoms with Crippen molar-refractivity contribution in [3.05, 3.63) is 0 Å². The number of ether oxygens (including phenoxy) is 4. The van der Waals surface area contributed by atoms with Crippen molar-refractivity contribution in [3.63, 3.8) is 0 Å². The van der Waals surface area contributed by atoms with Gasteiger partial charge in [0.1, 0.15) is 12.2 Å². The maximum Gasteiger partial charge on any atom is 1.00 e. The number of rotatable bonds is 84. The van der Waals surface area contributed by atoms with Gasteiger partial charge in [0.05, 0.1) is 78.0 Å². The number of phosphoric acid groups is 2. The Morgan fingerprint density at radius 1 is 0.304 bits per heavy atom. The van der Waals surface area contributed by atoms with Crippen LogP contribution in [0.3, 0.4) is 0 Å². The van der Waals surface area contributed by atoms with E-state index >= 15 is 0 Å². The van der Waals surface area contributed by atoms with Crippen molar-refractivity contribution in [1.82, 2.24) is 31.9 Å². The molecule has 0 aromatic carbocycles. The summed E-state index contributed by atoms with van der Waals surface area (Å²) in [5, 5.41) is 15.7. The van der Waals surface area contributed by atoms with E-state index in [9.17, 15) is 52.5 Å². The summed E-state index contributed by atoms with van der Waals surface area (Å²) in [4.78, 5) is 112. The Kier molecular flexibility index (Phi) is 86.0. The molecule has 0 radical (unpaired) electrons. The van der Waals surface area contributed by atoms with E-state index in [2.05, 4.69) is 73.4 Å². The van der Waals surface area contributed by atoms with Gasteiger partial charge in [0.25, 0.3) is 0 Å². The van der Waals surface area contributed by atoms with Gasteiger partial charge < -0.3 is 63.5 Å². The van der Waals surface area contributed by atoms with Crippen LogP contribution in [0.15, 0.2) is 0 Å². The molecule has 0 bridgehead atoms. The van der Waals surface area contributed by atoms with Gasteiger partial charge in [-0.2, -0.15) is 0 Å². The second-order valence-corrected chi connectivity index (χ2v) is 33.0. The average Bonchev–Trinajstić information content (AvgIpc) is 0.912. The van der Waals surface area contributed by atoms with Gasteiger partial charge in [-0.3, -0.25) is 46.9 Å². The average molecular weight is 1660 g/mol. The Morgan fingerprint density at radius 2 is 0.562 bits per heavy atom. The molecule has 0 saturated carbocycles. The van der Waals surface area contributed by atoms with Crippen molar-refractivity contribution in [1.29, 1.82) is 0 Å². The van der Waals surface area contributed by atoms with Crippen LogP contribution in [0.25, 0.3) is 0 Å². The van der Waals surface area contributed by atoms with Crippen molar-refractivity contribution in [2.24, 2.45) is 0 Å². The summed E-state index contributed by atoms with van der Waals surface area (Å²) in [6.07, 6.45) is 53.3. The molecule has 0 fully saturated rings. The second-order valence-electron chi connectivity index (χ2n) is 30.1. The molecule has 29 heteroatoms. The topological polar surface area (TPSA) is 340 Å². The summed E-state index contributed by atoms with van der Waals surface area (Å²) in [6.45, 7) is 9.80. The Hall–Kier alpha value is -1.77. The normalized spacial score (nSPS) is 13.4. The number of phosphoric ester groups is 2. The third-order valence-corrected chi connectivity index (χ3v) is 21.4. The van der Waals surface area contributed by atoms with E-state index < -0.39 is 72.0 Å². The zero-order chi connectivity index (χ0) is 80.9. The Morgan fingerprint density at radius 3 is 0.848 bits per heavy atom. The van der Waals surface area contributed by atoms with Crippen LogP contribution < -0.4 is 91.0 Å². The molecule has 0 aromatic heterocycles. The van der Waals surface area contributed by atoms with Crippen molar-refractivity contribution in [2.45, 2.75) is 413 Å². The first-order valence-corrected chi connectivity index (χ1v) is 47.2. The van der Waals surface area contributed by atoms with Gasteiger partial charge in [0, 0.05) is 51.6 Å². The fraction of sp³-hybridized carbons (Fsp3) is 0.916. The van der Waals surface area contributed by atoms with E-state index in [1.807, 2.05) is 0 Å². The standard InChI is InChI=1S/C83H162N6O19P2.2Na.2H/c1-7-13-19-25-29-33-37-43-49-55-77(90)86-67-79(92)88-73(69-101-63-59-75(53-47-41-23-17-11-5)107-81(94)57-51-45-39-35-31-27-21-15-9-3)71-105-109(97,98)103-65-61-84-83(96)85-62-66-104-110(99,100)106-72-74(89-80(93)68-87-78(91)56-50-44-38-34-30-26-20-14-8-2)70-102-64-60-76(54-48-42-24-18-12-6)108-82(95)58-52-46-40-36-32-28-22-16-10-4;;;;/h73-76H,7-72H2,1-6H3,(H,86,90)(H,87,91)(H,88,92)(H,89,93)(H,97,98)(H,99,100)(H2,84,85,96);;;;/q;2*+1;2*-1/t73-,74-,75-,76-;;;;/m1..../s1. The molecule has 25 nitrogen and oxygen atoms in total. The molecule has 0 aliphatic heterocycles. The van der Waals surface area contributed by atoms with E-state index in [1.54, 1.807) is 0 Å². The molecule has 0 spiro atoms. The molecule has 0 aliphatic carbocycles. The number of amides is 6. The molecule has 6 amide bonds. The van der Waals surface area contributed by atoms with Crippen LogP contribution in [0.4, 0.5) is 4.79 Å². The summed E-state index contributed by atoms with van der Waals surface area (Å²) >= 11 is 0. The molecule has 0 saturated heterocycles. The summed E-state index contributed by atoms with van der Waals surface area (Å²) < 4.78 is 71.2. The zero-order valence-corrected chi connectivity index (χ0v) is 78.0. The number of carbonyl (C=O) groups excluding carboxylic acids is 7. The number of urea groups is 1. The summed E-state index contributed by atoms with van der Waals surface area (Å²) in [5.74, 6) is -2.15. The summed E-state index contributed by atoms with van der Waals surface area (Å²) in [6, 6.07) is -2.73. The third kappa shape index (κ3) is 80.6. The quantitative estimate of drug-likeness (QED) is 0.0121. The minimum Gasteiger partial charge on any atom is -1.00 e. The summed E-state index contributed by atoms with van der Waals surface area (Å²) in [7, 11) is -9.61. The van der Waals surface area contributed by atoms with Crippen LogP contribution in [0.1, 0.15) is 391 Å². The van der Waals surface area contributed by atoms with E-state index in [-0.39, 0.29) is 163 Å². The largest absolute Gasteiger partial charge is 1.00 e. The van der Waals surface area contributed by atoms with E-state index in [0.717, 1.165) is 141 Å². The van der Waals surface area contributed by atoms with Crippen molar-refractivity contribution in [3.8, 4) is 0 Å². The molecule has 112 heavy (non-hydrogen) atoms. The Bertz CT molecular complexity index is 2190. The van der Waals surface area contributed by atoms with Crippen molar-refractivity contribution in [2.75, 3.05) is 79.0 Å². The SMILES string of the molecule is CCCCCCCCCCCC(=O)NCC(=O)N[C@H](COCC[C@@H](CCCCCCC)OC(=O)CCCCCCCCCCC)COP(=O)(O)OCCNC(=O)NCCOP(=O)(O)OC[C@@H](COCC[C@@H](CCCCCCC)OC(=O)CCCCCCCCCCC)NC(=O)CNC(=O)CCCCCCCCCCC.[H-].[H-].[Na+].[Na+]. The number of unbranched alkanes of at least 4 members (excludes halogenated alkanes) is 40. The molecular weight excluding hydrogens is 1490 g/mol. The fourth-order valence-electron chi connectivity index (χ4n) is 12.7. The van der Waals surface area contributed by atoms with Gasteiger partial charge in [-0.15, -0.1) is 0 Å². The Labute approximate surface area is 726 Å². The maximum atomic E-state index is 13.2. The van der Waals surface area contributed by atoms with Gasteiger partial charge in [-0.25, -0.2) is 13.9 Å². The molecule has 6 atom stereocenters.